The van der Waals surface area contributed by atoms with Crippen molar-refractivity contribution in [2.24, 2.45) is 0 Å². The third kappa shape index (κ3) is 6.71. The fraction of sp³-hybridized carbons (Fsp3) is 0.292. The highest BCUT2D eigenvalue weighted by molar-refractivity contribution is 5.88. The third-order valence-corrected chi connectivity index (χ3v) is 5.25. The zero-order valence-corrected chi connectivity index (χ0v) is 19.6. The van der Waals surface area contributed by atoms with E-state index >= 15 is 0 Å². The zero-order chi connectivity index (χ0) is 25.0. The van der Waals surface area contributed by atoms with Gasteiger partial charge in [-0.2, -0.15) is 0 Å². The number of ether oxygens (including phenoxy) is 2. The number of nitrogens with one attached hydrogen (secondary N) is 2. The molecule has 0 spiro atoms. The third-order valence-electron chi connectivity index (χ3n) is 5.25. The van der Waals surface area contributed by atoms with Gasteiger partial charge in [-0.15, -0.1) is 0 Å². The van der Waals surface area contributed by atoms with Crippen LogP contribution in [0.15, 0.2) is 67.0 Å². The van der Waals surface area contributed by atoms with E-state index in [9.17, 15) is 14.9 Å². The fourth-order valence-electron chi connectivity index (χ4n) is 3.57. The maximum atomic E-state index is 13.3. The molecule has 3 rings (SSSR count). The van der Waals surface area contributed by atoms with Crippen LogP contribution in [0.2, 0.25) is 0 Å². The molecule has 1 aromatic heterocycles. The Morgan fingerprint density at radius 2 is 1.51 bits per heavy atom. The zero-order valence-electron chi connectivity index (χ0n) is 19.6. The Bertz CT molecular complexity index is 1050. The first kappa shape index (κ1) is 25.5. The maximum Gasteiger partial charge on any atom is 0.355 e. The SMILES string of the molecule is COCCN(CCOC)c1ncnc(NNC(=O)C(c2ccccc2)c2ccccc2)c1[N+](=O)[O-]. The number of hydrazine groups is 1. The lowest BCUT2D eigenvalue weighted by molar-refractivity contribution is -0.383. The molecule has 0 saturated heterocycles. The van der Waals surface area contributed by atoms with Gasteiger partial charge in [0.05, 0.1) is 24.1 Å². The number of hydrogen-bond acceptors (Lipinski definition) is 9. The number of hydrogen-bond donors (Lipinski definition) is 2. The fourth-order valence-corrected chi connectivity index (χ4v) is 3.57. The number of carbonyl (C=O) groups is 1. The molecule has 0 aliphatic rings. The first-order valence-corrected chi connectivity index (χ1v) is 10.9. The monoisotopic (exact) mass is 480 g/mol. The molecule has 184 valence electrons. The lowest BCUT2D eigenvalue weighted by Crippen LogP contribution is -2.36. The summed E-state index contributed by atoms with van der Waals surface area (Å²) in [4.78, 5) is 34.5. The molecule has 0 atom stereocenters. The van der Waals surface area contributed by atoms with E-state index in [0.29, 0.717) is 26.3 Å². The predicted octanol–water partition coefficient (Wildman–Crippen LogP) is 2.76. The summed E-state index contributed by atoms with van der Waals surface area (Å²) in [7, 11) is 3.09. The predicted molar refractivity (Wildman–Crippen MR) is 131 cm³/mol. The van der Waals surface area contributed by atoms with Crippen molar-refractivity contribution in [1.82, 2.24) is 15.4 Å². The molecule has 1 amide bonds. The summed E-state index contributed by atoms with van der Waals surface area (Å²) >= 11 is 0. The Labute approximate surface area is 203 Å². The van der Waals surface area contributed by atoms with Crippen molar-refractivity contribution in [2.45, 2.75) is 5.92 Å². The summed E-state index contributed by atoms with van der Waals surface area (Å²) in [5, 5.41) is 12.0. The number of nitrogens with zero attached hydrogens (tertiary/aromatic N) is 4. The van der Waals surface area contributed by atoms with E-state index < -0.39 is 16.7 Å². The molecule has 2 N–H and O–H groups in total. The highest BCUT2D eigenvalue weighted by Crippen LogP contribution is 2.31. The maximum absolute atomic E-state index is 13.3. The molecular weight excluding hydrogens is 452 g/mol. The van der Waals surface area contributed by atoms with E-state index in [2.05, 4.69) is 20.8 Å². The van der Waals surface area contributed by atoms with Gasteiger partial charge in [-0.3, -0.25) is 25.8 Å². The molecule has 3 aromatic rings. The van der Waals surface area contributed by atoms with Gasteiger partial charge in [-0.1, -0.05) is 60.7 Å². The van der Waals surface area contributed by atoms with Crippen LogP contribution >= 0.6 is 0 Å². The largest absolute Gasteiger partial charge is 0.383 e. The van der Waals surface area contributed by atoms with E-state index in [1.165, 1.54) is 6.33 Å². The van der Waals surface area contributed by atoms with Crippen molar-refractivity contribution < 1.29 is 19.2 Å². The number of anilines is 2. The normalized spacial score (nSPS) is 10.7. The second-order valence-corrected chi connectivity index (χ2v) is 7.49. The molecule has 2 aromatic carbocycles. The van der Waals surface area contributed by atoms with Crippen molar-refractivity contribution in [3.05, 3.63) is 88.2 Å². The first-order chi connectivity index (χ1) is 17.1. The van der Waals surface area contributed by atoms with E-state index in [1.54, 1.807) is 19.1 Å². The number of methoxy groups -OCH3 is 2. The Kier molecular flexibility index (Phi) is 9.46. The second kappa shape index (κ2) is 13.0. The van der Waals surface area contributed by atoms with Gasteiger partial charge in [0.15, 0.2) is 0 Å². The molecule has 0 aliphatic carbocycles. The van der Waals surface area contributed by atoms with Crippen LogP contribution < -0.4 is 15.8 Å². The van der Waals surface area contributed by atoms with Gasteiger partial charge in [0, 0.05) is 27.3 Å². The Morgan fingerprint density at radius 3 is 2.00 bits per heavy atom. The standard InChI is InChI=1S/C24H28N6O5/c1-34-15-13-29(14-16-35-2)23-21(30(32)33)22(25-17-26-23)27-28-24(31)20(18-9-5-3-6-10-18)19-11-7-4-8-12-19/h3-12,17,20H,13-16H2,1-2H3,(H,28,31)(H,25,26,27). The van der Waals surface area contributed by atoms with Crippen molar-refractivity contribution in [3.8, 4) is 0 Å². The summed E-state index contributed by atoms with van der Waals surface area (Å²) in [6.45, 7) is 1.38. The van der Waals surface area contributed by atoms with Crippen LogP contribution in [0.25, 0.3) is 0 Å². The summed E-state index contributed by atoms with van der Waals surface area (Å²) < 4.78 is 10.3. The molecule has 11 nitrogen and oxygen atoms in total. The van der Waals surface area contributed by atoms with Gasteiger partial charge in [-0.25, -0.2) is 9.97 Å². The average Bonchev–Trinajstić information content (AvgIpc) is 2.88. The number of aromatic nitrogens is 2. The van der Waals surface area contributed by atoms with Crippen molar-refractivity contribution in [1.29, 1.82) is 0 Å². The van der Waals surface area contributed by atoms with Crippen molar-refractivity contribution in [3.63, 3.8) is 0 Å². The van der Waals surface area contributed by atoms with Crippen LogP contribution in [-0.2, 0) is 14.3 Å². The molecule has 0 radical (unpaired) electrons. The van der Waals surface area contributed by atoms with Gasteiger partial charge in [0.2, 0.25) is 17.5 Å². The van der Waals surface area contributed by atoms with Crippen LogP contribution in [0.3, 0.4) is 0 Å². The lowest BCUT2D eigenvalue weighted by atomic mass is 9.91. The molecule has 0 bridgehead atoms. The van der Waals surface area contributed by atoms with Crippen LogP contribution in [-0.4, -0.2) is 61.3 Å². The summed E-state index contributed by atoms with van der Waals surface area (Å²) in [5.74, 6) is -1.07. The van der Waals surface area contributed by atoms with Crippen LogP contribution in [0.1, 0.15) is 17.0 Å². The van der Waals surface area contributed by atoms with Crippen LogP contribution in [0, 0.1) is 10.1 Å². The molecule has 11 heteroatoms. The minimum Gasteiger partial charge on any atom is -0.383 e. The van der Waals surface area contributed by atoms with Crippen LogP contribution in [0.4, 0.5) is 17.3 Å². The van der Waals surface area contributed by atoms with E-state index in [1.807, 2.05) is 60.7 Å². The van der Waals surface area contributed by atoms with E-state index in [0.717, 1.165) is 11.1 Å². The Morgan fingerprint density at radius 1 is 0.971 bits per heavy atom. The summed E-state index contributed by atoms with van der Waals surface area (Å²) in [5.41, 5.74) is 6.43. The lowest BCUT2D eigenvalue weighted by Gasteiger charge is -2.23. The van der Waals surface area contributed by atoms with E-state index in [-0.39, 0.29) is 17.3 Å². The summed E-state index contributed by atoms with van der Waals surface area (Å²) in [6, 6.07) is 18.5. The number of carbonyl (C=O) groups excluding carboxylic acids is 1. The molecule has 35 heavy (non-hydrogen) atoms. The molecule has 0 aliphatic heterocycles. The van der Waals surface area contributed by atoms with Gasteiger partial charge in [0.25, 0.3) is 0 Å². The highest BCUT2D eigenvalue weighted by Gasteiger charge is 2.28. The summed E-state index contributed by atoms with van der Waals surface area (Å²) in [6.07, 6.45) is 1.20. The molecule has 1 heterocycles. The quantitative estimate of drug-likeness (QED) is 0.280. The van der Waals surface area contributed by atoms with Gasteiger partial charge >= 0.3 is 5.69 Å². The molecule has 0 unspecified atom stereocenters. The molecular formula is C24H28N6O5. The first-order valence-electron chi connectivity index (χ1n) is 10.9. The topological polar surface area (TPSA) is 132 Å². The highest BCUT2D eigenvalue weighted by atomic mass is 16.6. The average molecular weight is 481 g/mol. The van der Waals surface area contributed by atoms with E-state index in [4.69, 9.17) is 9.47 Å². The van der Waals surface area contributed by atoms with Crippen LogP contribution in [0.5, 0.6) is 0 Å². The van der Waals surface area contributed by atoms with Gasteiger partial charge in [-0.05, 0) is 11.1 Å². The smallest absolute Gasteiger partial charge is 0.355 e. The second-order valence-electron chi connectivity index (χ2n) is 7.49. The number of amides is 1. The molecule has 0 fully saturated rings. The number of rotatable bonds is 13. The van der Waals surface area contributed by atoms with Gasteiger partial charge < -0.3 is 14.4 Å². The van der Waals surface area contributed by atoms with Crippen molar-refractivity contribution in [2.75, 3.05) is 50.8 Å². The van der Waals surface area contributed by atoms with Gasteiger partial charge in [0.1, 0.15) is 6.33 Å². The minimum absolute atomic E-state index is 0.0958. The Balaban J connectivity index is 1.88. The van der Waals surface area contributed by atoms with Crippen molar-refractivity contribution >= 4 is 23.2 Å². The molecule has 0 saturated carbocycles. The Hall–Kier alpha value is -4.09. The number of benzene rings is 2. The minimum atomic E-state index is -0.634. The number of nitro groups is 1.